The van der Waals surface area contributed by atoms with Crippen LogP contribution in [-0.4, -0.2) is 29.7 Å². The van der Waals surface area contributed by atoms with Gasteiger partial charge in [0.2, 0.25) is 5.91 Å². The lowest BCUT2D eigenvalue weighted by molar-refractivity contribution is -0.123. The number of nitrogens with two attached hydrogens (primary N) is 1. The van der Waals surface area contributed by atoms with Crippen molar-refractivity contribution in [2.75, 3.05) is 6.54 Å². The number of aliphatic hydroxyl groups excluding tert-OH is 1. The van der Waals surface area contributed by atoms with Gasteiger partial charge in [-0.1, -0.05) is 27.2 Å². The fraction of sp³-hybridized carbons (Fsp3) is 0.917. The number of aliphatic hydroxyl groups is 1. The van der Waals surface area contributed by atoms with E-state index < -0.39 is 6.04 Å². The van der Waals surface area contributed by atoms with Gasteiger partial charge in [-0.15, -0.1) is 0 Å². The van der Waals surface area contributed by atoms with Gasteiger partial charge < -0.3 is 16.2 Å². The summed E-state index contributed by atoms with van der Waals surface area (Å²) in [7, 11) is 0. The Morgan fingerprint density at radius 1 is 1.38 bits per heavy atom. The molecule has 1 amide bonds. The van der Waals surface area contributed by atoms with Crippen molar-refractivity contribution in [3.05, 3.63) is 0 Å². The lowest BCUT2D eigenvalue weighted by Crippen LogP contribution is -2.45. The summed E-state index contributed by atoms with van der Waals surface area (Å²) in [5, 5.41) is 12.0. The standard InChI is InChI=1S/C12H26N2O2/c1-5-9(3)11(13)12(16)14-7-8(2)6-10(4)15/h8-11,15H,5-7,13H2,1-4H3,(H,14,16). The number of carbonyl (C=O) groups excluding carboxylic acids is 1. The molecule has 0 aromatic rings. The van der Waals surface area contributed by atoms with Crippen molar-refractivity contribution < 1.29 is 9.90 Å². The highest BCUT2D eigenvalue weighted by Gasteiger charge is 2.19. The van der Waals surface area contributed by atoms with E-state index in [-0.39, 0.29) is 23.8 Å². The summed E-state index contributed by atoms with van der Waals surface area (Å²) in [5.41, 5.74) is 5.80. The van der Waals surface area contributed by atoms with Crippen LogP contribution < -0.4 is 11.1 Å². The van der Waals surface area contributed by atoms with Crippen molar-refractivity contribution in [3.8, 4) is 0 Å². The number of hydrogen-bond donors (Lipinski definition) is 3. The fourth-order valence-electron chi connectivity index (χ4n) is 1.57. The molecule has 0 rings (SSSR count). The summed E-state index contributed by atoms with van der Waals surface area (Å²) in [6.07, 6.45) is 1.27. The van der Waals surface area contributed by atoms with E-state index in [2.05, 4.69) is 5.32 Å². The molecule has 0 spiro atoms. The zero-order valence-electron chi connectivity index (χ0n) is 10.9. The molecule has 0 radical (unpaired) electrons. The lowest BCUT2D eigenvalue weighted by atomic mass is 9.99. The van der Waals surface area contributed by atoms with Crippen molar-refractivity contribution in [3.63, 3.8) is 0 Å². The smallest absolute Gasteiger partial charge is 0.237 e. The molecule has 4 nitrogen and oxygen atoms in total. The van der Waals surface area contributed by atoms with E-state index in [0.717, 1.165) is 6.42 Å². The monoisotopic (exact) mass is 230 g/mol. The Morgan fingerprint density at radius 3 is 2.38 bits per heavy atom. The molecule has 0 aliphatic carbocycles. The molecule has 0 fully saturated rings. The molecule has 4 heteroatoms. The Kier molecular flexibility index (Phi) is 7.34. The molecular weight excluding hydrogens is 204 g/mol. The summed E-state index contributed by atoms with van der Waals surface area (Å²) in [5.74, 6) is 0.381. The Balaban J connectivity index is 3.88. The summed E-state index contributed by atoms with van der Waals surface area (Å²) in [6.45, 7) is 8.33. The molecule has 0 bridgehead atoms. The van der Waals surface area contributed by atoms with Crippen LogP contribution in [0.1, 0.15) is 40.5 Å². The first-order valence-corrected chi connectivity index (χ1v) is 6.09. The molecule has 0 saturated carbocycles. The van der Waals surface area contributed by atoms with Crippen LogP contribution in [0.3, 0.4) is 0 Å². The third kappa shape index (κ3) is 6.08. The zero-order valence-corrected chi connectivity index (χ0v) is 10.9. The number of nitrogens with one attached hydrogen (secondary N) is 1. The molecule has 4 unspecified atom stereocenters. The molecule has 0 aromatic heterocycles. The third-order valence-electron chi connectivity index (χ3n) is 2.93. The van der Waals surface area contributed by atoms with Gasteiger partial charge >= 0.3 is 0 Å². The van der Waals surface area contributed by atoms with E-state index in [1.807, 2.05) is 20.8 Å². The fourth-order valence-corrected chi connectivity index (χ4v) is 1.57. The van der Waals surface area contributed by atoms with Crippen LogP contribution in [0.2, 0.25) is 0 Å². The van der Waals surface area contributed by atoms with Crippen LogP contribution in [0, 0.1) is 11.8 Å². The summed E-state index contributed by atoms with van der Waals surface area (Å²) < 4.78 is 0. The van der Waals surface area contributed by atoms with Gasteiger partial charge in [0.1, 0.15) is 0 Å². The Morgan fingerprint density at radius 2 is 1.94 bits per heavy atom. The van der Waals surface area contributed by atoms with Gasteiger partial charge in [0.15, 0.2) is 0 Å². The zero-order chi connectivity index (χ0) is 12.7. The largest absolute Gasteiger partial charge is 0.393 e. The number of carbonyl (C=O) groups is 1. The summed E-state index contributed by atoms with van der Waals surface area (Å²) >= 11 is 0. The van der Waals surface area contributed by atoms with Crippen molar-refractivity contribution in [1.29, 1.82) is 0 Å². The first-order valence-electron chi connectivity index (χ1n) is 6.09. The average molecular weight is 230 g/mol. The maximum Gasteiger partial charge on any atom is 0.237 e. The van der Waals surface area contributed by atoms with Crippen LogP contribution in [0.4, 0.5) is 0 Å². The van der Waals surface area contributed by atoms with E-state index in [4.69, 9.17) is 5.73 Å². The molecule has 4 N–H and O–H groups in total. The maximum absolute atomic E-state index is 11.6. The van der Waals surface area contributed by atoms with Crippen LogP contribution in [-0.2, 0) is 4.79 Å². The molecular formula is C12H26N2O2. The van der Waals surface area contributed by atoms with Crippen molar-refractivity contribution in [1.82, 2.24) is 5.32 Å². The molecule has 0 aliphatic heterocycles. The summed E-state index contributed by atoms with van der Waals surface area (Å²) in [6, 6.07) is -0.427. The number of hydrogen-bond acceptors (Lipinski definition) is 3. The van der Waals surface area contributed by atoms with Gasteiger partial charge in [0.05, 0.1) is 12.1 Å². The number of amides is 1. The van der Waals surface area contributed by atoms with Gasteiger partial charge in [0, 0.05) is 6.54 Å². The Labute approximate surface area is 98.6 Å². The van der Waals surface area contributed by atoms with E-state index in [1.54, 1.807) is 6.92 Å². The van der Waals surface area contributed by atoms with E-state index in [1.165, 1.54) is 0 Å². The van der Waals surface area contributed by atoms with Gasteiger partial charge in [-0.25, -0.2) is 0 Å². The van der Waals surface area contributed by atoms with E-state index in [0.29, 0.717) is 13.0 Å². The van der Waals surface area contributed by atoms with Gasteiger partial charge in [-0.2, -0.15) is 0 Å². The molecule has 0 saturated heterocycles. The summed E-state index contributed by atoms with van der Waals surface area (Å²) in [4.78, 5) is 11.6. The molecule has 0 heterocycles. The second kappa shape index (κ2) is 7.63. The Hall–Kier alpha value is -0.610. The average Bonchev–Trinajstić information content (AvgIpc) is 2.22. The van der Waals surface area contributed by atoms with Crippen molar-refractivity contribution in [2.24, 2.45) is 17.6 Å². The normalized spacial score (nSPS) is 18.6. The first kappa shape index (κ1) is 15.4. The highest BCUT2D eigenvalue weighted by Crippen LogP contribution is 2.07. The second-order valence-electron chi connectivity index (χ2n) is 4.85. The van der Waals surface area contributed by atoms with E-state index >= 15 is 0 Å². The highest BCUT2D eigenvalue weighted by molar-refractivity contribution is 5.81. The van der Waals surface area contributed by atoms with Crippen LogP contribution in [0.25, 0.3) is 0 Å². The SMILES string of the molecule is CCC(C)C(N)C(=O)NCC(C)CC(C)O. The molecule has 16 heavy (non-hydrogen) atoms. The highest BCUT2D eigenvalue weighted by atomic mass is 16.3. The lowest BCUT2D eigenvalue weighted by Gasteiger charge is -2.20. The molecule has 0 aliphatic rings. The Bertz CT molecular complexity index is 207. The minimum absolute atomic E-state index is 0.0909. The quantitative estimate of drug-likeness (QED) is 0.608. The van der Waals surface area contributed by atoms with Crippen LogP contribution in [0.15, 0.2) is 0 Å². The van der Waals surface area contributed by atoms with Crippen molar-refractivity contribution >= 4 is 5.91 Å². The molecule has 4 atom stereocenters. The molecule has 0 aromatic carbocycles. The van der Waals surface area contributed by atoms with Crippen LogP contribution in [0.5, 0.6) is 0 Å². The third-order valence-corrected chi connectivity index (χ3v) is 2.93. The second-order valence-corrected chi connectivity index (χ2v) is 4.85. The van der Waals surface area contributed by atoms with Gasteiger partial charge in [0.25, 0.3) is 0 Å². The van der Waals surface area contributed by atoms with E-state index in [9.17, 15) is 9.90 Å². The topological polar surface area (TPSA) is 75.4 Å². The van der Waals surface area contributed by atoms with Gasteiger partial charge in [-0.05, 0) is 25.2 Å². The first-order chi connectivity index (χ1) is 7.38. The predicted octanol–water partition coefficient (Wildman–Crippen LogP) is 0.883. The van der Waals surface area contributed by atoms with Gasteiger partial charge in [-0.3, -0.25) is 4.79 Å². The predicted molar refractivity (Wildman–Crippen MR) is 65.9 cm³/mol. The van der Waals surface area contributed by atoms with Crippen LogP contribution >= 0.6 is 0 Å². The minimum atomic E-state index is -0.427. The van der Waals surface area contributed by atoms with Crippen molar-refractivity contribution in [2.45, 2.75) is 52.7 Å². The minimum Gasteiger partial charge on any atom is -0.393 e. The number of rotatable bonds is 7. The maximum atomic E-state index is 11.6. The molecule has 96 valence electrons.